The summed E-state index contributed by atoms with van der Waals surface area (Å²) in [5.41, 5.74) is 0. The molecule has 0 aromatic heterocycles. The Morgan fingerprint density at radius 3 is 2.57 bits per heavy atom. The summed E-state index contributed by atoms with van der Waals surface area (Å²) in [5, 5.41) is 0. The van der Waals surface area contributed by atoms with E-state index in [0.29, 0.717) is 0 Å². The van der Waals surface area contributed by atoms with Gasteiger partial charge in [0.15, 0.2) is 0 Å². The Hall–Kier alpha value is -0.520. The van der Waals surface area contributed by atoms with Crippen molar-refractivity contribution in [3.05, 3.63) is 31.2 Å². The van der Waals surface area contributed by atoms with Gasteiger partial charge in [-0.3, -0.25) is 0 Å². The highest BCUT2D eigenvalue weighted by Crippen LogP contribution is 1.79. The molecular formula is C7H11. The summed E-state index contributed by atoms with van der Waals surface area (Å²) in [5.74, 6) is 0. The van der Waals surface area contributed by atoms with E-state index in [1.54, 1.807) is 6.08 Å². The zero-order valence-corrected chi connectivity index (χ0v) is 4.72. The van der Waals surface area contributed by atoms with Crippen LogP contribution < -0.4 is 0 Å². The van der Waals surface area contributed by atoms with E-state index in [4.69, 9.17) is 0 Å². The molecule has 0 spiro atoms. The van der Waals surface area contributed by atoms with Crippen LogP contribution in [0.1, 0.15) is 13.3 Å². The summed E-state index contributed by atoms with van der Waals surface area (Å²) in [6.07, 6.45) is 8.87. The van der Waals surface area contributed by atoms with E-state index in [1.165, 1.54) is 0 Å². The predicted octanol–water partition coefficient (Wildman–Crippen LogP) is 2.34. The van der Waals surface area contributed by atoms with Crippen LogP contribution in [0.25, 0.3) is 0 Å². The fraction of sp³-hybridized carbons (Fsp3) is 0.286. The topological polar surface area (TPSA) is 0 Å². The second-order valence-electron chi connectivity index (χ2n) is 1.26. The smallest absolute Gasteiger partial charge is 0.0313 e. The fourth-order valence-electron chi connectivity index (χ4n) is 0.293. The average molecular weight is 95.2 g/mol. The molecule has 0 heterocycles. The van der Waals surface area contributed by atoms with Crippen LogP contribution in [-0.2, 0) is 0 Å². The molecule has 0 aromatic rings. The molecule has 0 amide bonds. The molecule has 0 rings (SSSR count). The number of allylic oxidation sites excluding steroid dienone is 4. The predicted molar refractivity (Wildman–Crippen MR) is 33.9 cm³/mol. The van der Waals surface area contributed by atoms with Gasteiger partial charge in [0, 0.05) is 0 Å². The van der Waals surface area contributed by atoms with Crippen molar-refractivity contribution in [1.82, 2.24) is 0 Å². The summed E-state index contributed by atoms with van der Waals surface area (Å²) in [6.45, 7) is 5.63. The Balaban J connectivity index is 3.09. The minimum atomic E-state index is 1.10. The fourth-order valence-corrected chi connectivity index (χ4v) is 0.293. The molecule has 7 heavy (non-hydrogen) atoms. The van der Waals surface area contributed by atoms with Gasteiger partial charge in [-0.2, -0.15) is 0 Å². The van der Waals surface area contributed by atoms with Crippen molar-refractivity contribution in [3.63, 3.8) is 0 Å². The molecule has 0 aromatic carbocycles. The lowest BCUT2D eigenvalue weighted by molar-refractivity contribution is 1.22. The zero-order chi connectivity index (χ0) is 5.54. The molecule has 0 N–H and O–H groups in total. The normalized spacial score (nSPS) is 11.7. The van der Waals surface area contributed by atoms with Crippen molar-refractivity contribution in [2.24, 2.45) is 0 Å². The van der Waals surface area contributed by atoms with Crippen LogP contribution in [0.4, 0.5) is 0 Å². The summed E-state index contributed by atoms with van der Waals surface area (Å²) in [4.78, 5) is 0. The summed E-state index contributed by atoms with van der Waals surface area (Å²) >= 11 is 0. The van der Waals surface area contributed by atoms with Crippen LogP contribution >= 0.6 is 0 Å². The summed E-state index contributed by atoms with van der Waals surface area (Å²) in [6, 6.07) is 0. The standard InChI is InChI=1S/C7H11/c1-3-5-7-6-4-2/h3,5-7H,1,4H2,2H3/b5-3+,7-6-. The third kappa shape index (κ3) is 5.48. The Morgan fingerprint density at radius 2 is 2.14 bits per heavy atom. The van der Waals surface area contributed by atoms with Gasteiger partial charge < -0.3 is 0 Å². The second-order valence-corrected chi connectivity index (χ2v) is 1.26. The van der Waals surface area contributed by atoms with Gasteiger partial charge in [0.25, 0.3) is 0 Å². The Labute approximate surface area is 45.5 Å². The van der Waals surface area contributed by atoms with Crippen LogP contribution in [0.5, 0.6) is 0 Å². The van der Waals surface area contributed by atoms with Gasteiger partial charge in [-0.05, 0) is 13.3 Å². The van der Waals surface area contributed by atoms with E-state index in [9.17, 15) is 0 Å². The van der Waals surface area contributed by atoms with Crippen LogP contribution in [0.2, 0.25) is 0 Å². The highest BCUT2D eigenvalue weighted by molar-refractivity contribution is 5.02. The van der Waals surface area contributed by atoms with Gasteiger partial charge in [0.1, 0.15) is 0 Å². The van der Waals surface area contributed by atoms with Crippen molar-refractivity contribution in [2.45, 2.75) is 13.3 Å². The minimum Gasteiger partial charge on any atom is -0.0848 e. The Bertz CT molecular complexity index is 68.1. The Morgan fingerprint density at radius 1 is 1.43 bits per heavy atom. The molecule has 39 valence electrons. The lowest BCUT2D eigenvalue weighted by Crippen LogP contribution is -1.48. The van der Waals surface area contributed by atoms with Gasteiger partial charge in [-0.15, -0.1) is 0 Å². The molecule has 0 saturated carbocycles. The monoisotopic (exact) mass is 95.1 g/mol. The first-order valence-corrected chi connectivity index (χ1v) is 2.52. The molecular weight excluding hydrogens is 84.1 g/mol. The Kier molecular flexibility index (Phi) is 5.07. The lowest BCUT2D eigenvalue weighted by Gasteiger charge is -1.70. The van der Waals surface area contributed by atoms with Crippen molar-refractivity contribution in [1.29, 1.82) is 0 Å². The van der Waals surface area contributed by atoms with Crippen LogP contribution in [-0.4, -0.2) is 0 Å². The second kappa shape index (κ2) is 5.48. The minimum absolute atomic E-state index is 1.10. The molecule has 0 aliphatic rings. The van der Waals surface area contributed by atoms with Crippen LogP contribution in [0.3, 0.4) is 0 Å². The molecule has 0 aliphatic heterocycles. The van der Waals surface area contributed by atoms with Gasteiger partial charge in [-0.1, -0.05) is 31.2 Å². The highest BCUT2D eigenvalue weighted by Gasteiger charge is 1.57. The first-order chi connectivity index (χ1) is 3.41. The molecule has 0 heteroatoms. The molecule has 0 fully saturated rings. The zero-order valence-electron chi connectivity index (χ0n) is 4.72. The van der Waals surface area contributed by atoms with Crippen molar-refractivity contribution >= 4 is 0 Å². The highest BCUT2D eigenvalue weighted by atomic mass is 13.6. The van der Waals surface area contributed by atoms with Gasteiger partial charge in [0.05, 0.1) is 0 Å². The van der Waals surface area contributed by atoms with E-state index >= 15 is 0 Å². The molecule has 0 aliphatic carbocycles. The molecule has 0 bridgehead atoms. The molecule has 0 atom stereocenters. The SMILES string of the molecule is [CH2]/C=C/C=C\CC. The number of hydrogen-bond donors (Lipinski definition) is 0. The molecule has 0 unspecified atom stereocenters. The van der Waals surface area contributed by atoms with Crippen molar-refractivity contribution in [3.8, 4) is 0 Å². The van der Waals surface area contributed by atoms with E-state index < -0.39 is 0 Å². The first-order valence-electron chi connectivity index (χ1n) is 2.52. The quantitative estimate of drug-likeness (QED) is 0.462. The third-order valence-corrected chi connectivity index (χ3v) is 0.619. The van der Waals surface area contributed by atoms with Gasteiger partial charge in [-0.25, -0.2) is 0 Å². The summed E-state index contributed by atoms with van der Waals surface area (Å²) in [7, 11) is 0. The van der Waals surface area contributed by atoms with E-state index in [2.05, 4.69) is 19.9 Å². The molecule has 1 radical (unpaired) electrons. The largest absolute Gasteiger partial charge is 0.0848 e. The van der Waals surface area contributed by atoms with Crippen molar-refractivity contribution < 1.29 is 0 Å². The van der Waals surface area contributed by atoms with E-state index in [1.807, 2.05) is 12.2 Å². The van der Waals surface area contributed by atoms with Crippen molar-refractivity contribution in [2.75, 3.05) is 0 Å². The molecule has 0 nitrogen and oxygen atoms in total. The number of hydrogen-bond acceptors (Lipinski definition) is 0. The van der Waals surface area contributed by atoms with Gasteiger partial charge >= 0.3 is 0 Å². The first kappa shape index (κ1) is 6.48. The molecule has 0 saturated heterocycles. The van der Waals surface area contributed by atoms with E-state index in [-0.39, 0.29) is 0 Å². The third-order valence-electron chi connectivity index (χ3n) is 0.619. The van der Waals surface area contributed by atoms with Crippen LogP contribution in [0, 0.1) is 6.92 Å². The maximum atomic E-state index is 3.53. The van der Waals surface area contributed by atoms with Crippen LogP contribution in [0.15, 0.2) is 24.3 Å². The lowest BCUT2D eigenvalue weighted by atomic mass is 10.4. The van der Waals surface area contributed by atoms with E-state index in [0.717, 1.165) is 6.42 Å². The number of rotatable bonds is 2. The maximum absolute atomic E-state index is 3.53. The summed E-state index contributed by atoms with van der Waals surface area (Å²) < 4.78 is 0. The van der Waals surface area contributed by atoms with Gasteiger partial charge in [0.2, 0.25) is 0 Å². The maximum Gasteiger partial charge on any atom is -0.0313 e. The average Bonchev–Trinajstić information content (AvgIpc) is 1.69.